The molecule has 0 aliphatic heterocycles. The van der Waals surface area contributed by atoms with Gasteiger partial charge in [0.25, 0.3) is 5.89 Å². The second-order valence-electron chi connectivity index (χ2n) is 6.00. The van der Waals surface area contributed by atoms with Crippen molar-refractivity contribution < 1.29 is 14.1 Å². The van der Waals surface area contributed by atoms with Crippen LogP contribution >= 0.6 is 15.9 Å². The Balaban J connectivity index is 1.32. The van der Waals surface area contributed by atoms with Crippen LogP contribution in [0.3, 0.4) is 0 Å². The van der Waals surface area contributed by atoms with Crippen molar-refractivity contribution in [3.8, 4) is 11.4 Å². The van der Waals surface area contributed by atoms with Crippen molar-refractivity contribution >= 4 is 32.8 Å². The number of aryl methyl sites for hydroxylation is 1. The maximum absolute atomic E-state index is 12.0. The number of rotatable bonds is 6. The summed E-state index contributed by atoms with van der Waals surface area (Å²) >= 11 is 3.41. The van der Waals surface area contributed by atoms with Gasteiger partial charge in [-0.15, -0.1) is 0 Å². The zero-order valence-corrected chi connectivity index (χ0v) is 15.9. The summed E-state index contributed by atoms with van der Waals surface area (Å²) in [5.74, 6) is 0.417. The number of para-hydroxylation sites is 1. The van der Waals surface area contributed by atoms with E-state index in [2.05, 4.69) is 26.1 Å². The van der Waals surface area contributed by atoms with Crippen molar-refractivity contribution in [1.29, 1.82) is 0 Å². The summed E-state index contributed by atoms with van der Waals surface area (Å²) in [6.45, 7) is 0.520. The first-order chi connectivity index (χ1) is 13.2. The van der Waals surface area contributed by atoms with Crippen LogP contribution in [-0.2, 0) is 22.7 Å². The SMILES string of the molecule is O=C(CCn1ccc2ccccc21)OCc1nc(-c2cccc(Br)c2)no1. The number of nitrogens with zero attached hydrogens (tertiary/aromatic N) is 3. The van der Waals surface area contributed by atoms with Gasteiger partial charge in [-0.25, -0.2) is 0 Å². The average molecular weight is 426 g/mol. The first kappa shape index (κ1) is 17.5. The standard InChI is InChI=1S/C20H16BrN3O3/c21-16-6-3-5-15(12-16)20-22-18(27-23-20)13-26-19(25)9-11-24-10-8-14-4-1-2-7-17(14)24/h1-8,10,12H,9,11,13H2. The van der Waals surface area contributed by atoms with E-state index >= 15 is 0 Å². The molecule has 2 heterocycles. The molecule has 0 amide bonds. The minimum atomic E-state index is -0.310. The first-order valence-electron chi connectivity index (χ1n) is 8.47. The fraction of sp³-hybridized carbons (Fsp3) is 0.150. The summed E-state index contributed by atoms with van der Waals surface area (Å²) in [5, 5.41) is 5.07. The van der Waals surface area contributed by atoms with Crippen LogP contribution in [0.5, 0.6) is 0 Å². The van der Waals surface area contributed by atoms with Gasteiger partial charge in [0.1, 0.15) is 0 Å². The summed E-state index contributed by atoms with van der Waals surface area (Å²) in [7, 11) is 0. The van der Waals surface area contributed by atoms with Gasteiger partial charge in [0.2, 0.25) is 5.82 Å². The third-order valence-electron chi connectivity index (χ3n) is 4.14. The van der Waals surface area contributed by atoms with E-state index in [1.54, 1.807) is 0 Å². The Morgan fingerprint density at radius 2 is 2.04 bits per heavy atom. The lowest BCUT2D eigenvalue weighted by Crippen LogP contribution is -2.09. The lowest BCUT2D eigenvalue weighted by atomic mass is 10.2. The van der Waals surface area contributed by atoms with Crippen LogP contribution in [0.2, 0.25) is 0 Å². The van der Waals surface area contributed by atoms with Crippen molar-refractivity contribution in [2.45, 2.75) is 19.6 Å². The van der Waals surface area contributed by atoms with E-state index in [1.165, 1.54) is 0 Å². The molecule has 0 N–H and O–H groups in total. The highest BCUT2D eigenvalue weighted by Crippen LogP contribution is 2.20. The van der Waals surface area contributed by atoms with Crippen molar-refractivity contribution in [3.05, 3.63) is 71.2 Å². The summed E-state index contributed by atoms with van der Waals surface area (Å²) in [6, 6.07) is 17.7. The van der Waals surface area contributed by atoms with Gasteiger partial charge in [-0.1, -0.05) is 51.4 Å². The molecular weight excluding hydrogens is 410 g/mol. The zero-order valence-electron chi connectivity index (χ0n) is 14.3. The quantitative estimate of drug-likeness (QED) is 0.422. The van der Waals surface area contributed by atoms with Crippen molar-refractivity contribution in [2.24, 2.45) is 0 Å². The van der Waals surface area contributed by atoms with Crippen LogP contribution in [-0.4, -0.2) is 20.7 Å². The van der Waals surface area contributed by atoms with Crippen LogP contribution in [0.15, 0.2) is 69.8 Å². The topological polar surface area (TPSA) is 70.2 Å². The highest BCUT2D eigenvalue weighted by molar-refractivity contribution is 9.10. The van der Waals surface area contributed by atoms with Gasteiger partial charge in [0, 0.05) is 28.3 Å². The fourth-order valence-electron chi connectivity index (χ4n) is 2.82. The fourth-order valence-corrected chi connectivity index (χ4v) is 3.22. The van der Waals surface area contributed by atoms with Gasteiger partial charge < -0.3 is 13.8 Å². The molecule has 6 nitrogen and oxygen atoms in total. The minimum absolute atomic E-state index is 0.0355. The molecule has 0 fully saturated rings. The van der Waals surface area contributed by atoms with E-state index in [-0.39, 0.29) is 24.9 Å². The number of ether oxygens (including phenoxy) is 1. The first-order valence-corrected chi connectivity index (χ1v) is 9.26. The summed E-state index contributed by atoms with van der Waals surface area (Å²) in [4.78, 5) is 16.3. The summed E-state index contributed by atoms with van der Waals surface area (Å²) in [5.41, 5.74) is 1.92. The molecule has 0 atom stereocenters. The monoisotopic (exact) mass is 425 g/mol. The maximum Gasteiger partial charge on any atom is 0.308 e. The molecule has 136 valence electrons. The number of hydrogen-bond acceptors (Lipinski definition) is 5. The van der Waals surface area contributed by atoms with Crippen molar-refractivity contribution in [1.82, 2.24) is 14.7 Å². The van der Waals surface area contributed by atoms with Gasteiger partial charge in [0.05, 0.1) is 6.42 Å². The van der Waals surface area contributed by atoms with E-state index in [0.29, 0.717) is 12.4 Å². The number of fused-ring (bicyclic) bond motifs is 1. The third kappa shape index (κ3) is 4.09. The smallest absolute Gasteiger partial charge is 0.308 e. The molecule has 2 aromatic heterocycles. The lowest BCUT2D eigenvalue weighted by molar-refractivity contribution is -0.146. The molecule has 27 heavy (non-hydrogen) atoms. The van der Waals surface area contributed by atoms with E-state index in [4.69, 9.17) is 9.26 Å². The molecule has 0 saturated heterocycles. The van der Waals surface area contributed by atoms with Gasteiger partial charge in [-0.2, -0.15) is 4.98 Å². The molecule has 0 spiro atoms. The van der Waals surface area contributed by atoms with E-state index < -0.39 is 0 Å². The molecule has 7 heteroatoms. The maximum atomic E-state index is 12.0. The molecule has 4 aromatic rings. The molecule has 4 rings (SSSR count). The molecular formula is C20H16BrN3O3. The van der Waals surface area contributed by atoms with Crippen molar-refractivity contribution in [2.75, 3.05) is 0 Å². The van der Waals surface area contributed by atoms with E-state index in [9.17, 15) is 4.79 Å². The van der Waals surface area contributed by atoms with Crippen LogP contribution in [0.1, 0.15) is 12.3 Å². The Kier molecular flexibility index (Phi) is 5.02. The number of aromatic nitrogens is 3. The van der Waals surface area contributed by atoms with Crippen LogP contribution < -0.4 is 0 Å². The van der Waals surface area contributed by atoms with Gasteiger partial charge >= 0.3 is 5.97 Å². The highest BCUT2D eigenvalue weighted by atomic mass is 79.9. The summed E-state index contributed by atoms with van der Waals surface area (Å²) in [6.07, 6.45) is 2.24. The number of hydrogen-bond donors (Lipinski definition) is 0. The molecule has 0 radical (unpaired) electrons. The normalized spacial score (nSPS) is 11.0. The number of carbonyl (C=O) groups excluding carboxylic acids is 1. The Labute approximate surface area is 163 Å². The zero-order chi connectivity index (χ0) is 18.6. The largest absolute Gasteiger partial charge is 0.456 e. The molecule has 0 saturated carbocycles. The van der Waals surface area contributed by atoms with Crippen LogP contribution in [0, 0.1) is 0 Å². The van der Waals surface area contributed by atoms with Gasteiger partial charge in [-0.05, 0) is 29.7 Å². The minimum Gasteiger partial charge on any atom is -0.456 e. The Morgan fingerprint density at radius 1 is 1.15 bits per heavy atom. The highest BCUT2D eigenvalue weighted by Gasteiger charge is 2.12. The Bertz CT molecular complexity index is 1090. The molecule has 0 aliphatic rings. The number of halogens is 1. The van der Waals surface area contributed by atoms with Gasteiger partial charge in [0.15, 0.2) is 6.61 Å². The second kappa shape index (κ2) is 7.75. The second-order valence-corrected chi connectivity index (χ2v) is 6.92. The van der Waals surface area contributed by atoms with E-state index in [1.807, 2.05) is 65.4 Å². The molecule has 0 aliphatic carbocycles. The van der Waals surface area contributed by atoms with Crippen molar-refractivity contribution in [3.63, 3.8) is 0 Å². The number of esters is 1. The molecule has 0 bridgehead atoms. The molecule has 0 unspecified atom stereocenters. The predicted molar refractivity (Wildman–Crippen MR) is 104 cm³/mol. The Hall–Kier alpha value is -2.93. The third-order valence-corrected chi connectivity index (χ3v) is 4.64. The number of benzene rings is 2. The predicted octanol–water partition coefficient (Wildman–Crippen LogP) is 4.59. The summed E-state index contributed by atoms with van der Waals surface area (Å²) < 4.78 is 13.4. The van der Waals surface area contributed by atoms with Crippen LogP contribution in [0.25, 0.3) is 22.3 Å². The van der Waals surface area contributed by atoms with Crippen LogP contribution in [0.4, 0.5) is 0 Å². The number of carbonyl (C=O) groups is 1. The Morgan fingerprint density at radius 3 is 2.93 bits per heavy atom. The average Bonchev–Trinajstić information content (AvgIpc) is 3.32. The van der Waals surface area contributed by atoms with Gasteiger partial charge in [-0.3, -0.25) is 4.79 Å². The van der Waals surface area contributed by atoms with E-state index in [0.717, 1.165) is 20.9 Å². The molecule has 2 aromatic carbocycles. The lowest BCUT2D eigenvalue weighted by Gasteiger charge is -2.05.